The predicted molar refractivity (Wildman–Crippen MR) is 134 cm³/mol. The van der Waals surface area contributed by atoms with Crippen LogP contribution in [0.15, 0.2) is 66.9 Å². The second kappa shape index (κ2) is 12.4. The summed E-state index contributed by atoms with van der Waals surface area (Å²) in [6, 6.07) is 20.4. The van der Waals surface area contributed by atoms with Crippen molar-refractivity contribution in [2.24, 2.45) is 5.73 Å². The van der Waals surface area contributed by atoms with Gasteiger partial charge >= 0.3 is 0 Å². The van der Waals surface area contributed by atoms with E-state index in [2.05, 4.69) is 52.3 Å². The predicted octanol–water partition coefficient (Wildman–Crippen LogP) is 4.50. The summed E-state index contributed by atoms with van der Waals surface area (Å²) in [7, 11) is 0. The first-order valence-electron chi connectivity index (χ1n) is 11.1. The van der Waals surface area contributed by atoms with Gasteiger partial charge in [-0.2, -0.15) is 0 Å². The van der Waals surface area contributed by atoms with Gasteiger partial charge in [-0.3, -0.25) is 9.69 Å². The molecule has 1 aliphatic heterocycles. The monoisotopic (exact) mass is 481 g/mol. The number of carbonyl (C=O) groups excluding carboxylic acids is 1. The number of aryl methyl sites for hydroxylation is 1. The van der Waals surface area contributed by atoms with Gasteiger partial charge < -0.3 is 15.0 Å². The maximum absolute atomic E-state index is 11.2. The van der Waals surface area contributed by atoms with E-state index < -0.39 is 17.0 Å². The topological polar surface area (TPSA) is 106 Å². The van der Waals surface area contributed by atoms with E-state index in [1.807, 2.05) is 13.0 Å². The van der Waals surface area contributed by atoms with Crippen LogP contribution < -0.4 is 10.5 Å². The summed E-state index contributed by atoms with van der Waals surface area (Å²) >= 11 is -1.61. The highest BCUT2D eigenvalue weighted by molar-refractivity contribution is 7.78. The van der Waals surface area contributed by atoms with Crippen LogP contribution in [0.25, 0.3) is 0 Å². The van der Waals surface area contributed by atoms with Gasteiger partial charge in [-0.15, -0.1) is 0 Å². The Bertz CT molecular complexity index is 1100. The molecule has 8 heteroatoms. The number of hydrogen-bond donors (Lipinski definition) is 2. The zero-order valence-corrected chi connectivity index (χ0v) is 20.3. The summed E-state index contributed by atoms with van der Waals surface area (Å²) in [4.78, 5) is 17.9. The first-order chi connectivity index (χ1) is 16.3. The lowest BCUT2D eigenvalue weighted by atomic mass is 9.90. The second-order valence-corrected chi connectivity index (χ2v) is 9.21. The van der Waals surface area contributed by atoms with Crippen molar-refractivity contribution in [2.75, 3.05) is 19.3 Å². The molecular weight excluding hydrogens is 450 g/mol. The molecule has 1 aromatic heterocycles. The van der Waals surface area contributed by atoms with Crippen LogP contribution in [0.1, 0.15) is 45.8 Å². The number of benzene rings is 2. The second-order valence-electron chi connectivity index (χ2n) is 8.36. The Morgan fingerprint density at radius 2 is 1.94 bits per heavy atom. The lowest BCUT2D eigenvalue weighted by Gasteiger charge is -2.33. The van der Waals surface area contributed by atoms with Crippen LogP contribution in [0.5, 0.6) is 11.6 Å². The molecule has 1 amide bonds. The van der Waals surface area contributed by atoms with E-state index in [-0.39, 0.29) is 0 Å². The van der Waals surface area contributed by atoms with Gasteiger partial charge in [0.2, 0.25) is 11.8 Å². The lowest BCUT2D eigenvalue weighted by molar-refractivity contribution is 0.1000. The Balaban J connectivity index is 0.000000751. The van der Waals surface area contributed by atoms with Crippen molar-refractivity contribution in [3.05, 3.63) is 89.1 Å². The minimum atomic E-state index is -1.61. The van der Waals surface area contributed by atoms with Gasteiger partial charge in [0.15, 0.2) is 0 Å². The third-order valence-electron chi connectivity index (χ3n) is 5.66. The summed E-state index contributed by atoms with van der Waals surface area (Å²) in [6.07, 6.45) is 5.11. The van der Waals surface area contributed by atoms with E-state index in [0.717, 1.165) is 30.9 Å². The molecule has 0 aliphatic carbocycles. The Labute approximate surface area is 203 Å². The van der Waals surface area contributed by atoms with Crippen LogP contribution in [0.3, 0.4) is 0 Å². The first kappa shape index (κ1) is 25.6. The van der Waals surface area contributed by atoms with Gasteiger partial charge in [-0.1, -0.05) is 42.5 Å². The quantitative estimate of drug-likeness (QED) is 0.502. The van der Waals surface area contributed by atoms with E-state index in [1.165, 1.54) is 36.4 Å². The van der Waals surface area contributed by atoms with Gasteiger partial charge in [0.25, 0.3) is 0 Å². The number of nitrogens with zero attached hydrogens (tertiary/aromatic N) is 2. The summed E-state index contributed by atoms with van der Waals surface area (Å²) in [5, 5.41) is 0. The zero-order chi connectivity index (χ0) is 24.5. The largest absolute Gasteiger partial charge is 0.439 e. The molecule has 1 fully saturated rings. The van der Waals surface area contributed by atoms with Crippen molar-refractivity contribution in [3.8, 4) is 11.6 Å². The molecule has 0 saturated carbocycles. The van der Waals surface area contributed by atoms with Gasteiger partial charge in [0, 0.05) is 31.6 Å². The van der Waals surface area contributed by atoms with Gasteiger partial charge in [0.1, 0.15) is 16.8 Å². The Morgan fingerprint density at radius 3 is 2.56 bits per heavy atom. The standard InChI is InChI=1S/C25H27N3O2.CH4O2S/c1-18-14-19(9-11-23(18)30-24-12-10-21(15-27-24)25(26)29)16-28-13-5-8-22(17-28)20-6-3-2-4-7-20;1-4(2)3/h2-4,6-7,9-12,14-15,22H,5,8,13,16-17H2,1H3,(H2,26,29);1H3,(H,2,3). The number of pyridine rings is 1. The van der Waals surface area contributed by atoms with Crippen molar-refractivity contribution in [2.45, 2.75) is 32.2 Å². The fourth-order valence-electron chi connectivity index (χ4n) is 4.08. The average molecular weight is 482 g/mol. The van der Waals surface area contributed by atoms with Crippen LogP contribution in [0.4, 0.5) is 0 Å². The molecule has 2 atom stereocenters. The molecule has 0 bridgehead atoms. The van der Waals surface area contributed by atoms with E-state index in [9.17, 15) is 4.79 Å². The van der Waals surface area contributed by atoms with Crippen LogP contribution >= 0.6 is 0 Å². The summed E-state index contributed by atoms with van der Waals surface area (Å²) in [5.74, 6) is 1.32. The fourth-order valence-corrected chi connectivity index (χ4v) is 4.08. The molecule has 34 heavy (non-hydrogen) atoms. The minimum Gasteiger partial charge on any atom is -0.439 e. The molecule has 2 heterocycles. The number of amides is 1. The summed E-state index contributed by atoms with van der Waals surface area (Å²) in [5.41, 5.74) is 9.40. The maximum Gasteiger partial charge on any atom is 0.250 e. The van der Waals surface area contributed by atoms with Gasteiger partial charge in [0.05, 0.1) is 5.56 Å². The van der Waals surface area contributed by atoms with Crippen molar-refractivity contribution < 1.29 is 18.3 Å². The van der Waals surface area contributed by atoms with E-state index in [4.69, 9.17) is 19.2 Å². The fraction of sp³-hybridized carbons (Fsp3) is 0.308. The third-order valence-corrected chi connectivity index (χ3v) is 5.66. The number of piperidine rings is 1. The smallest absolute Gasteiger partial charge is 0.250 e. The van der Waals surface area contributed by atoms with Crippen LogP contribution in [0, 0.1) is 6.92 Å². The molecular formula is C26H31N3O4S. The molecule has 3 N–H and O–H groups in total. The highest BCUT2D eigenvalue weighted by atomic mass is 32.2. The van der Waals surface area contributed by atoms with E-state index >= 15 is 0 Å². The Morgan fingerprint density at radius 1 is 1.21 bits per heavy atom. The number of likely N-dealkylation sites (tertiary alicyclic amines) is 1. The normalized spacial score (nSPS) is 16.7. The molecule has 7 nitrogen and oxygen atoms in total. The van der Waals surface area contributed by atoms with Crippen LogP contribution in [-0.2, 0) is 17.6 Å². The van der Waals surface area contributed by atoms with Crippen molar-refractivity contribution in [3.63, 3.8) is 0 Å². The number of hydrogen-bond acceptors (Lipinski definition) is 5. The molecule has 180 valence electrons. The Hall–Kier alpha value is -3.07. The molecule has 1 saturated heterocycles. The highest BCUT2D eigenvalue weighted by Gasteiger charge is 2.21. The number of aromatic nitrogens is 1. The lowest BCUT2D eigenvalue weighted by Crippen LogP contribution is -2.33. The minimum absolute atomic E-state index is 0.366. The maximum atomic E-state index is 11.2. The summed E-state index contributed by atoms with van der Waals surface area (Å²) < 4.78 is 22.5. The SMILES string of the molecule is CS(=O)O.Cc1cc(CN2CCCC(c3ccccc3)C2)ccc1Oc1ccc(C(N)=O)cn1. The number of nitrogens with two attached hydrogens (primary N) is 1. The zero-order valence-electron chi connectivity index (χ0n) is 19.5. The van der Waals surface area contributed by atoms with Crippen molar-refractivity contribution in [1.82, 2.24) is 9.88 Å². The molecule has 0 spiro atoms. The summed E-state index contributed by atoms with van der Waals surface area (Å²) in [6.45, 7) is 5.21. The van der Waals surface area contributed by atoms with Crippen molar-refractivity contribution >= 4 is 17.0 Å². The van der Waals surface area contributed by atoms with Crippen molar-refractivity contribution in [1.29, 1.82) is 0 Å². The van der Waals surface area contributed by atoms with Crippen LogP contribution in [0.2, 0.25) is 0 Å². The molecule has 4 rings (SSSR count). The highest BCUT2D eigenvalue weighted by Crippen LogP contribution is 2.29. The Kier molecular flexibility index (Phi) is 9.33. The van der Waals surface area contributed by atoms with E-state index in [0.29, 0.717) is 17.4 Å². The average Bonchev–Trinajstić information content (AvgIpc) is 2.82. The first-order valence-corrected chi connectivity index (χ1v) is 12.7. The molecule has 1 aliphatic rings. The number of rotatable bonds is 6. The number of carbonyl (C=O) groups is 1. The molecule has 0 radical (unpaired) electrons. The van der Waals surface area contributed by atoms with E-state index in [1.54, 1.807) is 12.1 Å². The van der Waals surface area contributed by atoms with Gasteiger partial charge in [-0.25, -0.2) is 9.19 Å². The molecule has 2 unspecified atom stereocenters. The number of primary amides is 1. The van der Waals surface area contributed by atoms with Gasteiger partial charge in [-0.05, 0) is 61.1 Å². The molecule has 2 aromatic carbocycles. The van der Waals surface area contributed by atoms with Crippen LogP contribution in [-0.4, -0.2) is 43.9 Å². The third kappa shape index (κ3) is 7.76. The molecule has 3 aromatic rings. The number of ether oxygens (including phenoxy) is 1.